The molecule has 0 N–H and O–H groups in total. The third-order valence-electron chi connectivity index (χ3n) is 4.91. The van der Waals surface area contributed by atoms with Crippen molar-refractivity contribution in [3.63, 3.8) is 0 Å². The number of fused-ring (bicyclic) bond motifs is 1. The first-order chi connectivity index (χ1) is 10.2. The lowest BCUT2D eigenvalue weighted by molar-refractivity contribution is 0.635. The van der Waals surface area contributed by atoms with Crippen molar-refractivity contribution in [2.75, 3.05) is 11.4 Å². The number of hydrogen-bond donors (Lipinski definition) is 0. The van der Waals surface area contributed by atoms with Crippen molar-refractivity contribution < 1.29 is 0 Å². The van der Waals surface area contributed by atoms with Crippen molar-refractivity contribution in [1.29, 1.82) is 0 Å². The highest BCUT2D eigenvalue weighted by Gasteiger charge is 2.31. The Morgan fingerprint density at radius 3 is 2.36 bits per heavy atom. The van der Waals surface area contributed by atoms with Crippen molar-refractivity contribution in [2.24, 2.45) is 0 Å². The maximum absolute atomic E-state index is 4.75. The first-order valence-corrected chi connectivity index (χ1v) is 9.59. The molecule has 2 nitrogen and oxygen atoms in total. The van der Waals surface area contributed by atoms with Gasteiger partial charge in [-0.2, -0.15) is 11.8 Å². The van der Waals surface area contributed by atoms with Gasteiger partial charge in [-0.15, -0.1) is 0 Å². The highest BCUT2D eigenvalue weighted by atomic mass is 32.2. The van der Waals surface area contributed by atoms with Crippen molar-refractivity contribution in [1.82, 2.24) is 4.98 Å². The van der Waals surface area contributed by atoms with E-state index in [2.05, 4.69) is 78.2 Å². The Morgan fingerprint density at radius 1 is 1.18 bits per heavy atom. The average molecular weight is 321 g/mol. The lowest BCUT2D eigenvalue weighted by atomic mass is 9.89. The van der Waals surface area contributed by atoms with Gasteiger partial charge in [-0.05, 0) is 38.2 Å². The van der Waals surface area contributed by atoms with Gasteiger partial charge in [-0.1, -0.05) is 34.6 Å². The Balaban J connectivity index is 2.73. The van der Waals surface area contributed by atoms with Crippen molar-refractivity contribution >= 4 is 17.4 Å². The molecule has 0 amide bonds. The molecule has 124 valence electrons. The summed E-state index contributed by atoms with van der Waals surface area (Å²) in [6, 6.07) is 0.515. The Morgan fingerprint density at radius 2 is 1.82 bits per heavy atom. The van der Waals surface area contributed by atoms with Gasteiger partial charge in [0.15, 0.2) is 0 Å². The minimum absolute atomic E-state index is 0.507. The average Bonchev–Trinajstić information content (AvgIpc) is 2.41. The Bertz CT molecular complexity index is 524. The second-order valence-electron chi connectivity index (χ2n) is 7.40. The summed E-state index contributed by atoms with van der Waals surface area (Å²) in [5.41, 5.74) is 5.57. The standard InChI is InChI=1S/C19H32N2S/c1-11(2)17-9-20-15(7)18-14(6)16(8)22-13(5)10-21(12(3)4)19(17)18/h9,11-14,16H,10H2,1-8H3/t13-,14-,16+/m0/s1. The fourth-order valence-corrected chi connectivity index (χ4v) is 4.86. The molecule has 2 rings (SSSR count). The molecule has 1 aliphatic heterocycles. The van der Waals surface area contributed by atoms with Crippen LogP contribution >= 0.6 is 11.8 Å². The van der Waals surface area contributed by atoms with E-state index < -0.39 is 0 Å². The molecule has 22 heavy (non-hydrogen) atoms. The van der Waals surface area contributed by atoms with Gasteiger partial charge in [0.05, 0.1) is 0 Å². The van der Waals surface area contributed by atoms with Gasteiger partial charge in [0.1, 0.15) is 0 Å². The highest BCUT2D eigenvalue weighted by Crippen LogP contribution is 2.44. The summed E-state index contributed by atoms with van der Waals surface area (Å²) in [6.07, 6.45) is 2.12. The molecular formula is C19H32N2S. The van der Waals surface area contributed by atoms with Crippen LogP contribution in [0.3, 0.4) is 0 Å². The number of pyridine rings is 1. The van der Waals surface area contributed by atoms with Gasteiger partial charge in [0.25, 0.3) is 0 Å². The molecule has 0 aliphatic carbocycles. The zero-order valence-electron chi connectivity index (χ0n) is 15.5. The summed E-state index contributed by atoms with van der Waals surface area (Å²) >= 11 is 2.12. The van der Waals surface area contributed by atoms with Gasteiger partial charge < -0.3 is 4.90 Å². The monoisotopic (exact) mass is 320 g/mol. The molecule has 0 aromatic carbocycles. The highest BCUT2D eigenvalue weighted by molar-refractivity contribution is 8.00. The van der Waals surface area contributed by atoms with Crippen LogP contribution < -0.4 is 4.90 Å². The second kappa shape index (κ2) is 6.82. The molecule has 0 fully saturated rings. The zero-order valence-corrected chi connectivity index (χ0v) is 16.3. The third kappa shape index (κ3) is 3.29. The molecule has 1 aliphatic rings. The lowest BCUT2D eigenvalue weighted by Gasteiger charge is -2.41. The molecular weight excluding hydrogens is 288 g/mol. The summed E-state index contributed by atoms with van der Waals surface area (Å²) in [6.45, 7) is 19.6. The maximum Gasteiger partial charge on any atom is 0.0473 e. The molecule has 3 heteroatoms. The topological polar surface area (TPSA) is 16.1 Å². The number of aromatic nitrogens is 1. The maximum atomic E-state index is 4.75. The molecule has 0 bridgehead atoms. The van der Waals surface area contributed by atoms with Crippen LogP contribution in [0, 0.1) is 6.92 Å². The summed E-state index contributed by atoms with van der Waals surface area (Å²) in [4.78, 5) is 7.37. The zero-order chi connectivity index (χ0) is 16.6. The van der Waals surface area contributed by atoms with E-state index >= 15 is 0 Å². The number of nitrogens with zero attached hydrogens (tertiary/aromatic N) is 2. The van der Waals surface area contributed by atoms with Crippen molar-refractivity contribution in [3.8, 4) is 0 Å². The van der Waals surface area contributed by atoms with Crippen molar-refractivity contribution in [2.45, 2.75) is 83.8 Å². The van der Waals surface area contributed by atoms with E-state index in [9.17, 15) is 0 Å². The normalized spacial score (nSPS) is 26.1. The Kier molecular flexibility index (Phi) is 5.47. The van der Waals surface area contributed by atoms with Crippen LogP contribution in [0.25, 0.3) is 0 Å². The van der Waals surface area contributed by atoms with Crippen LogP contribution in [0.5, 0.6) is 0 Å². The predicted octanol–water partition coefficient (Wildman–Crippen LogP) is 5.36. The fraction of sp³-hybridized carbons (Fsp3) is 0.737. The number of hydrogen-bond acceptors (Lipinski definition) is 3. The third-order valence-corrected chi connectivity index (χ3v) is 6.36. The van der Waals surface area contributed by atoms with Crippen LogP contribution in [0.2, 0.25) is 0 Å². The van der Waals surface area contributed by atoms with Crippen LogP contribution in [0.1, 0.15) is 77.1 Å². The van der Waals surface area contributed by atoms with Gasteiger partial charge in [-0.3, -0.25) is 4.98 Å². The van der Waals surface area contributed by atoms with E-state index in [-0.39, 0.29) is 0 Å². The molecule has 1 aromatic rings. The predicted molar refractivity (Wildman–Crippen MR) is 100 cm³/mol. The largest absolute Gasteiger partial charge is 0.367 e. The number of thioether (sulfide) groups is 1. The Hall–Kier alpha value is -0.700. The van der Waals surface area contributed by atoms with E-state index in [1.165, 1.54) is 22.5 Å². The van der Waals surface area contributed by atoms with Crippen LogP contribution in [-0.2, 0) is 0 Å². The van der Waals surface area contributed by atoms with E-state index in [4.69, 9.17) is 4.98 Å². The molecule has 0 spiro atoms. The van der Waals surface area contributed by atoms with Crippen LogP contribution in [0.15, 0.2) is 6.20 Å². The Labute approximate surface area is 141 Å². The molecule has 1 aromatic heterocycles. The summed E-state index contributed by atoms with van der Waals surface area (Å²) < 4.78 is 0. The first kappa shape index (κ1) is 17.7. The summed E-state index contributed by atoms with van der Waals surface area (Å²) in [7, 11) is 0. The smallest absolute Gasteiger partial charge is 0.0473 e. The number of anilines is 1. The van der Waals surface area contributed by atoms with E-state index in [1.807, 2.05) is 0 Å². The number of rotatable bonds is 2. The second-order valence-corrected chi connectivity index (χ2v) is 9.22. The van der Waals surface area contributed by atoms with Gasteiger partial charge in [-0.25, -0.2) is 0 Å². The minimum Gasteiger partial charge on any atom is -0.367 e. The molecule has 3 atom stereocenters. The van der Waals surface area contributed by atoms with Crippen LogP contribution in [-0.4, -0.2) is 28.1 Å². The first-order valence-electron chi connectivity index (χ1n) is 8.65. The molecule has 0 saturated carbocycles. The van der Waals surface area contributed by atoms with E-state index in [1.54, 1.807) is 0 Å². The summed E-state index contributed by atoms with van der Waals surface area (Å²) in [5, 5.41) is 1.28. The quantitative estimate of drug-likeness (QED) is 0.730. The van der Waals surface area contributed by atoms with Crippen LogP contribution in [0.4, 0.5) is 5.69 Å². The minimum atomic E-state index is 0.507. The van der Waals surface area contributed by atoms with Gasteiger partial charge >= 0.3 is 0 Å². The molecule has 0 saturated heterocycles. The van der Waals surface area contributed by atoms with Crippen molar-refractivity contribution in [3.05, 3.63) is 23.0 Å². The fourth-order valence-electron chi connectivity index (χ4n) is 3.51. The number of aryl methyl sites for hydroxylation is 1. The van der Waals surface area contributed by atoms with Gasteiger partial charge in [0.2, 0.25) is 0 Å². The van der Waals surface area contributed by atoms with E-state index in [0.29, 0.717) is 28.4 Å². The van der Waals surface area contributed by atoms with Gasteiger partial charge in [0, 0.05) is 46.2 Å². The SMILES string of the molecule is Cc1ncc(C(C)C)c2c1[C@@H](C)[C@@H](C)S[C@@H](C)CN2C(C)C. The molecule has 2 heterocycles. The molecule has 0 radical (unpaired) electrons. The molecule has 0 unspecified atom stereocenters. The van der Waals surface area contributed by atoms with E-state index in [0.717, 1.165) is 6.54 Å². The lowest BCUT2D eigenvalue weighted by Crippen LogP contribution is -2.40. The summed E-state index contributed by atoms with van der Waals surface area (Å²) in [5.74, 6) is 1.04.